The number of hydrogen-bond acceptors (Lipinski definition) is 5. The zero-order chi connectivity index (χ0) is 15.5. The van der Waals surface area contributed by atoms with Gasteiger partial charge in [-0.25, -0.2) is 4.79 Å². The summed E-state index contributed by atoms with van der Waals surface area (Å²) in [5.41, 5.74) is 0. The van der Waals surface area contributed by atoms with Crippen molar-refractivity contribution in [3.8, 4) is 0 Å². The van der Waals surface area contributed by atoms with E-state index in [0.29, 0.717) is 0 Å². The quantitative estimate of drug-likeness (QED) is 0.578. The third-order valence-corrected chi connectivity index (χ3v) is 3.23. The Morgan fingerprint density at radius 1 is 0.850 bits per heavy atom. The third-order valence-electron chi connectivity index (χ3n) is 3.23. The van der Waals surface area contributed by atoms with Crippen LogP contribution in [0.4, 0.5) is 4.79 Å². The number of ether oxygens (including phenoxy) is 2. The lowest BCUT2D eigenvalue weighted by Crippen LogP contribution is -2.28. The molecule has 0 aliphatic rings. The largest absolute Gasteiger partial charge is 0.508 e. The molecule has 0 fully saturated rings. The predicted molar refractivity (Wildman–Crippen MR) is 82.1 cm³/mol. The van der Waals surface area contributed by atoms with Crippen LogP contribution < -0.4 is 0 Å². The second-order valence-corrected chi connectivity index (χ2v) is 5.73. The molecule has 0 aliphatic heterocycles. The van der Waals surface area contributed by atoms with Crippen LogP contribution in [0, 0.1) is 0 Å². The van der Waals surface area contributed by atoms with E-state index in [1.165, 1.54) is 0 Å². The number of carbonyl (C=O) groups excluding carboxylic acids is 1. The molecular formula is C15H32N2O3. The number of hydrogen-bond donors (Lipinski definition) is 0. The minimum atomic E-state index is -0.527. The van der Waals surface area contributed by atoms with E-state index in [2.05, 4.69) is 9.80 Å². The monoisotopic (exact) mass is 288 g/mol. The minimum Gasteiger partial charge on any atom is -0.431 e. The first-order chi connectivity index (χ1) is 9.38. The fourth-order valence-corrected chi connectivity index (χ4v) is 1.80. The highest BCUT2D eigenvalue weighted by molar-refractivity contribution is 5.60. The Hall–Kier alpha value is -0.810. The molecule has 120 valence electrons. The maximum atomic E-state index is 11.8. The standard InChI is InChI=1S/C15H32N2O3/c1-7-13(9-11-16(3)4)19-15(18)20-14(8-2)10-12-17(5)6/h13-14H,7-12H2,1-6H3. The molecule has 0 aromatic heterocycles. The Morgan fingerprint density at radius 3 is 1.45 bits per heavy atom. The lowest BCUT2D eigenvalue weighted by atomic mass is 10.2. The highest BCUT2D eigenvalue weighted by atomic mass is 16.7. The van der Waals surface area contributed by atoms with Gasteiger partial charge >= 0.3 is 6.16 Å². The molecule has 2 unspecified atom stereocenters. The highest BCUT2D eigenvalue weighted by Crippen LogP contribution is 2.10. The summed E-state index contributed by atoms with van der Waals surface area (Å²) < 4.78 is 10.8. The van der Waals surface area contributed by atoms with Crippen molar-refractivity contribution < 1.29 is 14.3 Å². The average Bonchev–Trinajstić information content (AvgIpc) is 2.38. The van der Waals surface area contributed by atoms with Gasteiger partial charge in [0.05, 0.1) is 0 Å². The average molecular weight is 288 g/mol. The summed E-state index contributed by atoms with van der Waals surface area (Å²) in [5, 5.41) is 0. The fraction of sp³-hybridized carbons (Fsp3) is 0.933. The second kappa shape index (κ2) is 10.9. The van der Waals surface area contributed by atoms with Crippen LogP contribution in [0.25, 0.3) is 0 Å². The van der Waals surface area contributed by atoms with Crippen LogP contribution in [0.15, 0.2) is 0 Å². The molecule has 0 rings (SSSR count). The van der Waals surface area contributed by atoms with E-state index in [1.807, 2.05) is 42.0 Å². The van der Waals surface area contributed by atoms with Gasteiger partial charge in [0.25, 0.3) is 0 Å². The summed E-state index contributed by atoms with van der Waals surface area (Å²) in [7, 11) is 8.05. The molecule has 5 heteroatoms. The number of carbonyl (C=O) groups is 1. The molecule has 0 N–H and O–H groups in total. The van der Waals surface area contributed by atoms with E-state index in [9.17, 15) is 4.79 Å². The van der Waals surface area contributed by atoms with Crippen LogP contribution in [-0.4, -0.2) is 69.4 Å². The van der Waals surface area contributed by atoms with E-state index in [1.54, 1.807) is 0 Å². The minimum absolute atomic E-state index is 0.0590. The first-order valence-electron chi connectivity index (χ1n) is 7.55. The first-order valence-corrected chi connectivity index (χ1v) is 7.55. The smallest absolute Gasteiger partial charge is 0.431 e. The number of nitrogens with zero attached hydrogens (tertiary/aromatic N) is 2. The predicted octanol–water partition coefficient (Wildman–Crippen LogP) is 2.60. The van der Waals surface area contributed by atoms with Crippen molar-refractivity contribution in [3.05, 3.63) is 0 Å². The zero-order valence-corrected chi connectivity index (χ0v) is 14.0. The molecule has 0 saturated heterocycles. The van der Waals surface area contributed by atoms with Gasteiger partial charge in [-0.1, -0.05) is 13.8 Å². The van der Waals surface area contributed by atoms with E-state index in [0.717, 1.165) is 38.8 Å². The van der Waals surface area contributed by atoms with Crippen molar-refractivity contribution in [2.75, 3.05) is 41.3 Å². The maximum absolute atomic E-state index is 11.8. The molecule has 0 amide bonds. The molecule has 0 heterocycles. The molecular weight excluding hydrogens is 256 g/mol. The van der Waals surface area contributed by atoms with Crippen molar-refractivity contribution in [3.63, 3.8) is 0 Å². The Balaban J connectivity index is 4.08. The third kappa shape index (κ3) is 10.0. The summed E-state index contributed by atoms with van der Waals surface area (Å²) in [6, 6.07) is 0. The Kier molecular flexibility index (Phi) is 10.5. The first kappa shape index (κ1) is 19.2. The van der Waals surface area contributed by atoms with Gasteiger partial charge in [-0.2, -0.15) is 0 Å². The molecule has 0 bridgehead atoms. The van der Waals surface area contributed by atoms with E-state index in [4.69, 9.17) is 9.47 Å². The van der Waals surface area contributed by atoms with Crippen molar-refractivity contribution in [2.24, 2.45) is 0 Å². The van der Waals surface area contributed by atoms with Crippen LogP contribution in [-0.2, 0) is 9.47 Å². The van der Waals surface area contributed by atoms with Gasteiger partial charge in [0.1, 0.15) is 12.2 Å². The van der Waals surface area contributed by atoms with Crippen LogP contribution >= 0.6 is 0 Å². The van der Waals surface area contributed by atoms with E-state index >= 15 is 0 Å². The molecule has 0 aromatic rings. The summed E-state index contributed by atoms with van der Waals surface area (Å²) in [5.74, 6) is 0. The van der Waals surface area contributed by atoms with E-state index in [-0.39, 0.29) is 12.2 Å². The Bertz CT molecular complexity index is 234. The topological polar surface area (TPSA) is 42.0 Å². The second-order valence-electron chi connectivity index (χ2n) is 5.73. The van der Waals surface area contributed by atoms with Crippen molar-refractivity contribution >= 4 is 6.16 Å². The van der Waals surface area contributed by atoms with Crippen LogP contribution in [0.5, 0.6) is 0 Å². The Morgan fingerprint density at radius 2 is 1.20 bits per heavy atom. The van der Waals surface area contributed by atoms with Crippen LogP contribution in [0.3, 0.4) is 0 Å². The van der Waals surface area contributed by atoms with Gasteiger partial charge < -0.3 is 19.3 Å². The SMILES string of the molecule is CCC(CCN(C)C)OC(=O)OC(CC)CCN(C)C. The lowest BCUT2D eigenvalue weighted by molar-refractivity contribution is -0.0101. The normalized spacial score (nSPS) is 14.4. The van der Waals surface area contributed by atoms with Gasteiger partial charge in [-0.15, -0.1) is 0 Å². The van der Waals surface area contributed by atoms with E-state index < -0.39 is 6.16 Å². The van der Waals surface area contributed by atoms with Gasteiger partial charge in [-0.3, -0.25) is 0 Å². The lowest BCUT2D eigenvalue weighted by Gasteiger charge is -2.21. The van der Waals surface area contributed by atoms with Gasteiger partial charge in [0.2, 0.25) is 0 Å². The molecule has 0 aliphatic carbocycles. The van der Waals surface area contributed by atoms with Crippen molar-refractivity contribution in [2.45, 2.75) is 51.7 Å². The molecule has 0 radical (unpaired) electrons. The van der Waals surface area contributed by atoms with Gasteiger partial charge in [-0.05, 0) is 53.9 Å². The van der Waals surface area contributed by atoms with Crippen molar-refractivity contribution in [1.82, 2.24) is 9.80 Å². The zero-order valence-electron chi connectivity index (χ0n) is 14.0. The number of rotatable bonds is 10. The van der Waals surface area contributed by atoms with Crippen molar-refractivity contribution in [1.29, 1.82) is 0 Å². The molecule has 0 saturated carbocycles. The van der Waals surface area contributed by atoms with Gasteiger partial charge in [0.15, 0.2) is 0 Å². The fourth-order valence-electron chi connectivity index (χ4n) is 1.80. The molecule has 2 atom stereocenters. The maximum Gasteiger partial charge on any atom is 0.508 e. The summed E-state index contributed by atoms with van der Waals surface area (Å²) in [6.07, 6.45) is 2.67. The molecule has 0 spiro atoms. The summed E-state index contributed by atoms with van der Waals surface area (Å²) in [6.45, 7) is 5.86. The molecule has 20 heavy (non-hydrogen) atoms. The molecule has 0 aromatic carbocycles. The van der Waals surface area contributed by atoms with Crippen LogP contribution in [0.2, 0.25) is 0 Å². The molecule has 5 nitrogen and oxygen atoms in total. The summed E-state index contributed by atoms with van der Waals surface area (Å²) in [4.78, 5) is 16.0. The van der Waals surface area contributed by atoms with Crippen LogP contribution in [0.1, 0.15) is 39.5 Å². The summed E-state index contributed by atoms with van der Waals surface area (Å²) >= 11 is 0. The highest BCUT2D eigenvalue weighted by Gasteiger charge is 2.18. The Labute approximate surface area is 124 Å². The van der Waals surface area contributed by atoms with Gasteiger partial charge in [0, 0.05) is 13.1 Å².